The normalized spacial score (nSPS) is 22.6. The molecule has 0 saturated heterocycles. The maximum atomic E-state index is 3.56. The molecule has 1 unspecified atom stereocenters. The van der Waals surface area contributed by atoms with Crippen LogP contribution in [-0.2, 0) is 6.42 Å². The third kappa shape index (κ3) is 3.70. The van der Waals surface area contributed by atoms with Crippen LogP contribution in [0.15, 0.2) is 36.4 Å². The molecule has 1 aromatic carbocycles. The van der Waals surface area contributed by atoms with Crippen molar-refractivity contribution in [1.29, 1.82) is 0 Å². The van der Waals surface area contributed by atoms with Crippen molar-refractivity contribution in [3.8, 4) is 0 Å². The van der Waals surface area contributed by atoms with Gasteiger partial charge in [-0.05, 0) is 68.5 Å². The van der Waals surface area contributed by atoms with Gasteiger partial charge in [-0.15, -0.1) is 0 Å². The zero-order valence-corrected chi connectivity index (χ0v) is 11.8. The first-order chi connectivity index (χ1) is 9.43. The van der Waals surface area contributed by atoms with Crippen LogP contribution in [0.2, 0.25) is 0 Å². The summed E-state index contributed by atoms with van der Waals surface area (Å²) in [6.07, 6.45) is 14.0. The molecule has 2 aliphatic carbocycles. The average Bonchev–Trinajstić information content (AvgIpc) is 3.27. The Balaban J connectivity index is 1.46. The van der Waals surface area contributed by atoms with Crippen LogP contribution in [0.25, 0.3) is 0 Å². The lowest BCUT2D eigenvalue weighted by Crippen LogP contribution is -2.16. The topological polar surface area (TPSA) is 12.0 Å². The van der Waals surface area contributed by atoms with Gasteiger partial charge in [0.1, 0.15) is 0 Å². The van der Waals surface area contributed by atoms with E-state index in [9.17, 15) is 0 Å². The SMILES string of the molecule is C(=CCC1CCCc2ccccc21)CCNC1CC1. The summed E-state index contributed by atoms with van der Waals surface area (Å²) in [5, 5.41) is 3.56. The van der Waals surface area contributed by atoms with Gasteiger partial charge in [0.05, 0.1) is 0 Å². The summed E-state index contributed by atoms with van der Waals surface area (Å²) in [6.45, 7) is 1.16. The van der Waals surface area contributed by atoms with Crippen LogP contribution in [-0.4, -0.2) is 12.6 Å². The number of benzene rings is 1. The van der Waals surface area contributed by atoms with Gasteiger partial charge in [0.2, 0.25) is 0 Å². The minimum Gasteiger partial charge on any atom is -0.314 e. The van der Waals surface area contributed by atoms with Crippen molar-refractivity contribution < 1.29 is 0 Å². The maximum Gasteiger partial charge on any atom is 0.00683 e. The van der Waals surface area contributed by atoms with Gasteiger partial charge in [-0.3, -0.25) is 0 Å². The molecule has 1 aromatic rings. The number of hydrogen-bond acceptors (Lipinski definition) is 1. The van der Waals surface area contributed by atoms with E-state index in [0.717, 1.165) is 18.5 Å². The standard InChI is InChI=1S/C18H25N/c1(5-14-19-17-12-13-17)2-7-15-9-6-10-16-8-3-4-11-18(15)16/h1-4,8,11,15,17,19H,5-7,9-10,12-14H2. The second-order valence-electron chi connectivity index (χ2n) is 6.01. The van der Waals surface area contributed by atoms with Crippen molar-refractivity contribution in [2.75, 3.05) is 6.54 Å². The van der Waals surface area contributed by atoms with E-state index in [1.165, 1.54) is 44.9 Å². The summed E-state index contributed by atoms with van der Waals surface area (Å²) >= 11 is 0. The summed E-state index contributed by atoms with van der Waals surface area (Å²) < 4.78 is 0. The third-order valence-electron chi connectivity index (χ3n) is 4.40. The van der Waals surface area contributed by atoms with E-state index in [1.54, 1.807) is 11.1 Å². The molecule has 1 N–H and O–H groups in total. The van der Waals surface area contributed by atoms with Crippen LogP contribution in [0.4, 0.5) is 0 Å². The zero-order valence-electron chi connectivity index (χ0n) is 11.8. The highest BCUT2D eigenvalue weighted by Gasteiger charge is 2.19. The predicted molar refractivity (Wildman–Crippen MR) is 81.5 cm³/mol. The predicted octanol–water partition coefficient (Wildman–Crippen LogP) is 4.19. The highest BCUT2D eigenvalue weighted by atomic mass is 14.9. The molecule has 0 amide bonds. The average molecular weight is 255 g/mol. The molecular weight excluding hydrogens is 230 g/mol. The largest absolute Gasteiger partial charge is 0.314 e. The van der Waals surface area contributed by atoms with Crippen molar-refractivity contribution in [3.63, 3.8) is 0 Å². The Morgan fingerprint density at radius 3 is 2.89 bits per heavy atom. The molecule has 1 heteroatoms. The first-order valence-electron chi connectivity index (χ1n) is 7.89. The van der Waals surface area contributed by atoms with Crippen LogP contribution < -0.4 is 5.32 Å². The van der Waals surface area contributed by atoms with Crippen LogP contribution in [0.5, 0.6) is 0 Å². The maximum absolute atomic E-state index is 3.56. The fraction of sp³-hybridized carbons (Fsp3) is 0.556. The monoisotopic (exact) mass is 255 g/mol. The highest BCUT2D eigenvalue weighted by Crippen LogP contribution is 2.33. The van der Waals surface area contributed by atoms with Crippen LogP contribution in [0.1, 0.15) is 55.6 Å². The van der Waals surface area contributed by atoms with Crippen LogP contribution in [0.3, 0.4) is 0 Å². The fourth-order valence-corrected chi connectivity index (χ4v) is 3.14. The van der Waals surface area contributed by atoms with E-state index in [-0.39, 0.29) is 0 Å². The van der Waals surface area contributed by atoms with Crippen LogP contribution in [0, 0.1) is 0 Å². The molecule has 1 fully saturated rings. The first-order valence-corrected chi connectivity index (χ1v) is 7.89. The second kappa shape index (κ2) is 6.38. The quantitative estimate of drug-likeness (QED) is 0.593. The van der Waals surface area contributed by atoms with E-state index < -0.39 is 0 Å². The van der Waals surface area contributed by atoms with Crippen molar-refractivity contribution in [2.24, 2.45) is 0 Å². The molecule has 0 spiro atoms. The Labute approximate surface area is 117 Å². The Morgan fingerprint density at radius 1 is 1.11 bits per heavy atom. The molecule has 0 aromatic heterocycles. The lowest BCUT2D eigenvalue weighted by atomic mass is 9.81. The summed E-state index contributed by atoms with van der Waals surface area (Å²) in [5.41, 5.74) is 3.19. The third-order valence-corrected chi connectivity index (χ3v) is 4.40. The Kier molecular flexibility index (Phi) is 4.34. The summed E-state index contributed by atoms with van der Waals surface area (Å²) in [7, 11) is 0. The molecule has 19 heavy (non-hydrogen) atoms. The number of rotatable bonds is 6. The Bertz CT molecular complexity index is 431. The van der Waals surface area contributed by atoms with Gasteiger partial charge in [-0.25, -0.2) is 0 Å². The summed E-state index contributed by atoms with van der Waals surface area (Å²) in [5.74, 6) is 0.762. The molecule has 102 valence electrons. The smallest absolute Gasteiger partial charge is 0.00683 e. The van der Waals surface area contributed by atoms with Crippen molar-refractivity contribution >= 4 is 0 Å². The van der Waals surface area contributed by atoms with Gasteiger partial charge in [0, 0.05) is 6.04 Å². The van der Waals surface area contributed by atoms with Crippen molar-refractivity contribution in [2.45, 2.75) is 56.9 Å². The molecule has 0 radical (unpaired) electrons. The van der Waals surface area contributed by atoms with E-state index in [0.29, 0.717) is 0 Å². The summed E-state index contributed by atoms with van der Waals surface area (Å²) in [4.78, 5) is 0. The fourth-order valence-electron chi connectivity index (χ4n) is 3.14. The lowest BCUT2D eigenvalue weighted by molar-refractivity contribution is 0.557. The van der Waals surface area contributed by atoms with Crippen LogP contribution >= 0.6 is 0 Å². The molecule has 0 heterocycles. The van der Waals surface area contributed by atoms with Crippen molar-refractivity contribution in [3.05, 3.63) is 47.5 Å². The van der Waals surface area contributed by atoms with Gasteiger partial charge in [-0.1, -0.05) is 36.4 Å². The van der Waals surface area contributed by atoms with Gasteiger partial charge in [0.25, 0.3) is 0 Å². The summed E-state index contributed by atoms with van der Waals surface area (Å²) in [6, 6.07) is 9.87. The van der Waals surface area contributed by atoms with Gasteiger partial charge < -0.3 is 5.32 Å². The number of allylic oxidation sites excluding steroid dienone is 1. The van der Waals surface area contributed by atoms with E-state index in [4.69, 9.17) is 0 Å². The molecule has 1 saturated carbocycles. The Hall–Kier alpha value is -1.08. The first kappa shape index (κ1) is 12.9. The number of hydrogen-bond donors (Lipinski definition) is 1. The number of aryl methyl sites for hydroxylation is 1. The lowest BCUT2D eigenvalue weighted by Gasteiger charge is -2.24. The number of nitrogens with one attached hydrogen (secondary N) is 1. The molecule has 3 rings (SSSR count). The highest BCUT2D eigenvalue weighted by molar-refractivity contribution is 5.32. The van der Waals surface area contributed by atoms with E-state index in [1.807, 2.05) is 0 Å². The number of fused-ring (bicyclic) bond motifs is 1. The minimum absolute atomic E-state index is 0.762. The molecule has 0 bridgehead atoms. The van der Waals surface area contributed by atoms with E-state index in [2.05, 4.69) is 41.7 Å². The molecule has 1 atom stereocenters. The van der Waals surface area contributed by atoms with E-state index >= 15 is 0 Å². The second-order valence-corrected chi connectivity index (χ2v) is 6.01. The molecule has 0 aliphatic heterocycles. The minimum atomic E-state index is 0.762. The van der Waals surface area contributed by atoms with Gasteiger partial charge in [-0.2, -0.15) is 0 Å². The molecule has 2 aliphatic rings. The molecular formula is C18H25N. The Morgan fingerprint density at radius 2 is 2.00 bits per heavy atom. The van der Waals surface area contributed by atoms with Gasteiger partial charge in [0.15, 0.2) is 0 Å². The zero-order chi connectivity index (χ0) is 12.9. The van der Waals surface area contributed by atoms with Crippen molar-refractivity contribution in [1.82, 2.24) is 5.32 Å². The van der Waals surface area contributed by atoms with Gasteiger partial charge >= 0.3 is 0 Å². The molecule has 1 nitrogen and oxygen atoms in total.